The second-order valence-electron chi connectivity index (χ2n) is 3.19. The molecule has 2 heteroatoms. The van der Waals surface area contributed by atoms with E-state index in [1.54, 1.807) is 6.21 Å². The number of anilines is 1. The molecule has 0 N–H and O–H groups in total. The van der Waals surface area contributed by atoms with Crippen LogP contribution in [-0.2, 0) is 0 Å². The van der Waals surface area contributed by atoms with Crippen molar-refractivity contribution < 1.29 is 0 Å². The first-order chi connectivity index (χ1) is 6.79. The fourth-order valence-corrected chi connectivity index (χ4v) is 1.48. The van der Waals surface area contributed by atoms with Crippen LogP contribution in [0.4, 0.5) is 5.69 Å². The van der Waals surface area contributed by atoms with E-state index in [2.05, 4.69) is 17.7 Å². The van der Waals surface area contributed by atoms with Gasteiger partial charge in [0.05, 0.1) is 5.69 Å². The molecular weight excluding hydrogens is 172 g/mol. The van der Waals surface area contributed by atoms with Gasteiger partial charge in [-0.05, 0) is 17.7 Å². The van der Waals surface area contributed by atoms with Crippen molar-refractivity contribution in [2.45, 2.75) is 0 Å². The van der Waals surface area contributed by atoms with E-state index in [1.165, 1.54) is 0 Å². The quantitative estimate of drug-likeness (QED) is 0.605. The monoisotopic (exact) mass is 184 g/mol. The number of rotatable bonds is 0. The van der Waals surface area contributed by atoms with E-state index >= 15 is 0 Å². The average Bonchev–Trinajstić information content (AvgIpc) is 2.22. The van der Waals surface area contributed by atoms with E-state index < -0.39 is 0 Å². The Morgan fingerprint density at radius 1 is 1.29 bits per heavy atom. The normalized spacial score (nSPS) is 19.5. The molecule has 0 bridgehead atoms. The molecule has 0 aliphatic carbocycles. The number of allylic oxidation sites excluding steroid dienone is 3. The number of hydrazone groups is 1. The predicted octanol–water partition coefficient (Wildman–Crippen LogP) is 2.69. The molecule has 14 heavy (non-hydrogen) atoms. The van der Waals surface area contributed by atoms with Crippen LogP contribution in [0, 0.1) is 0 Å². The summed E-state index contributed by atoms with van der Waals surface area (Å²) in [4.78, 5) is 0. The van der Waals surface area contributed by atoms with Crippen molar-refractivity contribution in [2.75, 3.05) is 12.1 Å². The van der Waals surface area contributed by atoms with Crippen molar-refractivity contribution in [1.82, 2.24) is 0 Å². The van der Waals surface area contributed by atoms with Gasteiger partial charge in [-0.1, -0.05) is 30.9 Å². The summed E-state index contributed by atoms with van der Waals surface area (Å²) in [5.41, 5.74) is 3.22. The lowest BCUT2D eigenvalue weighted by molar-refractivity contribution is 1.02. The summed E-state index contributed by atoms with van der Waals surface area (Å²) >= 11 is 0. The van der Waals surface area contributed by atoms with Gasteiger partial charge in [0, 0.05) is 18.8 Å². The minimum Gasteiger partial charge on any atom is -0.268 e. The number of hydrogen-bond acceptors (Lipinski definition) is 2. The average molecular weight is 184 g/mol. The molecule has 1 heterocycles. The molecule has 70 valence electrons. The van der Waals surface area contributed by atoms with Gasteiger partial charge in [-0.2, -0.15) is 5.10 Å². The van der Waals surface area contributed by atoms with E-state index in [0.29, 0.717) is 0 Å². The number of nitrogens with zero attached hydrogens (tertiary/aromatic N) is 2. The molecule has 0 spiro atoms. The van der Waals surface area contributed by atoms with Gasteiger partial charge in [0.1, 0.15) is 0 Å². The van der Waals surface area contributed by atoms with Crippen LogP contribution < -0.4 is 5.01 Å². The second kappa shape index (κ2) is 3.50. The molecule has 0 fully saturated rings. The summed E-state index contributed by atoms with van der Waals surface area (Å²) < 4.78 is 0. The van der Waals surface area contributed by atoms with Gasteiger partial charge in [-0.15, -0.1) is 0 Å². The van der Waals surface area contributed by atoms with Gasteiger partial charge in [-0.3, -0.25) is 5.01 Å². The van der Waals surface area contributed by atoms with Crippen LogP contribution >= 0.6 is 0 Å². The maximum atomic E-state index is 4.24. The third-order valence-electron chi connectivity index (χ3n) is 2.22. The Kier molecular flexibility index (Phi) is 2.19. The van der Waals surface area contributed by atoms with E-state index in [4.69, 9.17) is 0 Å². The number of fused-ring (bicyclic) bond motifs is 1. The van der Waals surface area contributed by atoms with Crippen LogP contribution in [0.15, 0.2) is 48.1 Å². The smallest absolute Gasteiger partial charge is 0.0668 e. The molecule has 0 aromatic heterocycles. The van der Waals surface area contributed by atoms with Crippen LogP contribution in [-0.4, -0.2) is 13.3 Å². The summed E-state index contributed by atoms with van der Waals surface area (Å²) in [7, 11) is 1.93. The van der Waals surface area contributed by atoms with Crippen molar-refractivity contribution in [3.8, 4) is 0 Å². The fourth-order valence-electron chi connectivity index (χ4n) is 1.48. The summed E-state index contributed by atoms with van der Waals surface area (Å²) in [5.74, 6) is 0. The molecule has 1 aromatic carbocycles. The molecule has 2 rings (SSSR count). The zero-order valence-corrected chi connectivity index (χ0v) is 8.14. The van der Waals surface area contributed by atoms with Crippen molar-refractivity contribution in [2.24, 2.45) is 5.10 Å². The first-order valence-electron chi connectivity index (χ1n) is 4.52. The molecule has 0 radical (unpaired) electrons. The van der Waals surface area contributed by atoms with Gasteiger partial charge < -0.3 is 0 Å². The SMILES string of the molecule is C=C1/C=C\C=N/N(C)c2ccccc21. The highest BCUT2D eigenvalue weighted by molar-refractivity contribution is 5.87. The Labute approximate surface area is 83.9 Å². The van der Waals surface area contributed by atoms with Crippen molar-refractivity contribution in [3.05, 3.63) is 48.6 Å². The topological polar surface area (TPSA) is 15.6 Å². The molecule has 1 aliphatic rings. The fraction of sp³-hybridized carbons (Fsp3) is 0.0833. The highest BCUT2D eigenvalue weighted by Gasteiger charge is 2.07. The van der Waals surface area contributed by atoms with E-state index in [0.717, 1.165) is 16.8 Å². The Balaban J connectivity index is 2.60. The van der Waals surface area contributed by atoms with Crippen LogP contribution in [0.2, 0.25) is 0 Å². The predicted molar refractivity (Wildman–Crippen MR) is 61.5 cm³/mol. The summed E-state index contributed by atoms with van der Waals surface area (Å²) in [5, 5.41) is 6.09. The zero-order chi connectivity index (χ0) is 9.97. The summed E-state index contributed by atoms with van der Waals surface area (Å²) in [6.45, 7) is 4.02. The first-order valence-corrected chi connectivity index (χ1v) is 4.52. The largest absolute Gasteiger partial charge is 0.268 e. The number of para-hydroxylation sites is 1. The zero-order valence-electron chi connectivity index (χ0n) is 8.14. The Hall–Kier alpha value is -1.83. The molecule has 0 saturated heterocycles. The van der Waals surface area contributed by atoms with E-state index in [1.807, 2.05) is 42.4 Å². The molecule has 1 aromatic rings. The maximum Gasteiger partial charge on any atom is 0.0668 e. The van der Waals surface area contributed by atoms with Gasteiger partial charge in [0.25, 0.3) is 0 Å². The third-order valence-corrected chi connectivity index (χ3v) is 2.22. The molecule has 2 nitrogen and oxygen atoms in total. The lowest BCUT2D eigenvalue weighted by Gasteiger charge is -2.18. The molecule has 0 atom stereocenters. The summed E-state index contributed by atoms with van der Waals surface area (Å²) in [6, 6.07) is 8.11. The minimum atomic E-state index is 1.01. The lowest BCUT2D eigenvalue weighted by atomic mass is 10.0. The van der Waals surface area contributed by atoms with Crippen LogP contribution in [0.25, 0.3) is 5.57 Å². The van der Waals surface area contributed by atoms with E-state index in [9.17, 15) is 0 Å². The van der Waals surface area contributed by atoms with Crippen molar-refractivity contribution in [1.29, 1.82) is 0 Å². The Bertz CT molecular complexity index is 416. The van der Waals surface area contributed by atoms with Crippen LogP contribution in [0.3, 0.4) is 0 Å². The van der Waals surface area contributed by atoms with Crippen molar-refractivity contribution in [3.63, 3.8) is 0 Å². The highest BCUT2D eigenvalue weighted by Crippen LogP contribution is 2.27. The molecular formula is C12H12N2. The van der Waals surface area contributed by atoms with Gasteiger partial charge in [0.15, 0.2) is 0 Å². The number of hydrogen-bond donors (Lipinski definition) is 0. The van der Waals surface area contributed by atoms with Gasteiger partial charge in [0.2, 0.25) is 0 Å². The summed E-state index contributed by atoms with van der Waals surface area (Å²) in [6.07, 6.45) is 5.63. The minimum absolute atomic E-state index is 1.01. The van der Waals surface area contributed by atoms with E-state index in [-0.39, 0.29) is 0 Å². The second-order valence-corrected chi connectivity index (χ2v) is 3.19. The van der Waals surface area contributed by atoms with Crippen LogP contribution in [0.1, 0.15) is 5.56 Å². The molecule has 1 aliphatic heterocycles. The third kappa shape index (κ3) is 1.46. The Morgan fingerprint density at radius 3 is 2.93 bits per heavy atom. The highest BCUT2D eigenvalue weighted by atomic mass is 15.4. The van der Waals surface area contributed by atoms with Crippen LogP contribution in [0.5, 0.6) is 0 Å². The Morgan fingerprint density at radius 2 is 2.07 bits per heavy atom. The molecule has 0 unspecified atom stereocenters. The maximum absolute atomic E-state index is 4.24. The first kappa shape index (κ1) is 8.75. The number of benzene rings is 1. The standard InChI is InChI=1S/C12H12N2/c1-10-6-5-9-13-14(2)12-8-4-3-7-11(10)12/h3-9H,1H2,2H3/b6-5-,13-9-. The van der Waals surface area contributed by atoms with Crippen molar-refractivity contribution >= 4 is 17.5 Å². The van der Waals surface area contributed by atoms with Gasteiger partial charge in [-0.25, -0.2) is 0 Å². The molecule has 0 saturated carbocycles. The van der Waals surface area contributed by atoms with Gasteiger partial charge >= 0.3 is 0 Å². The lowest BCUT2D eigenvalue weighted by Crippen LogP contribution is -2.11. The molecule has 0 amide bonds.